The number of nitrogens with zero attached hydrogens (tertiary/aromatic N) is 1. The number of nitrogens with one attached hydrogen (secondary N) is 1. The van der Waals surface area contributed by atoms with Gasteiger partial charge in [-0.25, -0.2) is 13.1 Å². The van der Waals surface area contributed by atoms with E-state index in [0.29, 0.717) is 5.56 Å². The Labute approximate surface area is 105 Å². The molecule has 18 heavy (non-hydrogen) atoms. The van der Waals surface area contributed by atoms with Crippen LogP contribution in [-0.2, 0) is 10.0 Å². The van der Waals surface area contributed by atoms with Crippen LogP contribution in [0.5, 0.6) is 0 Å². The topological polar surface area (TPSA) is 89.3 Å². The maximum Gasteiger partial charge on any atom is 0.270 e. The highest BCUT2D eigenvalue weighted by atomic mass is 32.2. The first kappa shape index (κ1) is 14.2. The van der Waals surface area contributed by atoms with Crippen molar-refractivity contribution in [2.24, 2.45) is 0 Å². The summed E-state index contributed by atoms with van der Waals surface area (Å²) < 4.78 is 26.1. The first-order chi connectivity index (χ1) is 8.38. The smallest absolute Gasteiger partial charge is 0.258 e. The number of terminal acetylenes is 1. The number of aryl methyl sites for hydroxylation is 1. The van der Waals surface area contributed by atoms with E-state index >= 15 is 0 Å². The predicted molar refractivity (Wildman–Crippen MR) is 66.5 cm³/mol. The van der Waals surface area contributed by atoms with Crippen molar-refractivity contribution >= 4 is 15.7 Å². The molecule has 0 spiro atoms. The standard InChI is InChI=1S/C11H12N2O4S/c1-3-4-7-12-18(16,17)11-8-10(13(14)15)6-5-9(11)2/h1,5-6,8,12H,4,7H2,2H3. The average molecular weight is 268 g/mol. The van der Waals surface area contributed by atoms with Crippen molar-refractivity contribution in [2.75, 3.05) is 6.54 Å². The molecule has 1 aromatic carbocycles. The highest BCUT2D eigenvalue weighted by Gasteiger charge is 2.19. The second-order valence-corrected chi connectivity index (χ2v) is 5.29. The molecular weight excluding hydrogens is 256 g/mol. The summed E-state index contributed by atoms with van der Waals surface area (Å²) in [7, 11) is -3.77. The molecule has 0 aliphatic heterocycles. The second kappa shape index (κ2) is 5.62. The van der Waals surface area contributed by atoms with Crippen molar-refractivity contribution in [3.05, 3.63) is 33.9 Å². The third-order valence-corrected chi connectivity index (χ3v) is 3.84. The highest BCUT2D eigenvalue weighted by molar-refractivity contribution is 7.89. The van der Waals surface area contributed by atoms with E-state index in [1.54, 1.807) is 6.92 Å². The summed E-state index contributed by atoms with van der Waals surface area (Å²) in [4.78, 5) is 9.87. The first-order valence-corrected chi connectivity index (χ1v) is 6.55. The van der Waals surface area contributed by atoms with Gasteiger partial charge in [0.15, 0.2) is 0 Å². The molecule has 1 rings (SSSR count). The Bertz CT molecular complexity index is 602. The molecule has 0 atom stereocenters. The van der Waals surface area contributed by atoms with Gasteiger partial charge >= 0.3 is 0 Å². The number of nitro benzene ring substituents is 1. The Kier molecular flexibility index (Phi) is 4.42. The van der Waals surface area contributed by atoms with E-state index in [-0.39, 0.29) is 23.5 Å². The van der Waals surface area contributed by atoms with Crippen LogP contribution in [-0.4, -0.2) is 19.9 Å². The van der Waals surface area contributed by atoms with Crippen LogP contribution in [0.2, 0.25) is 0 Å². The maximum absolute atomic E-state index is 11.9. The van der Waals surface area contributed by atoms with Crippen LogP contribution in [0.4, 0.5) is 5.69 Å². The zero-order valence-corrected chi connectivity index (χ0v) is 10.5. The number of benzene rings is 1. The predicted octanol–water partition coefficient (Wildman–Crippen LogP) is 1.20. The van der Waals surface area contributed by atoms with Crippen molar-refractivity contribution in [2.45, 2.75) is 18.2 Å². The molecule has 0 aliphatic carbocycles. The van der Waals surface area contributed by atoms with Crippen LogP contribution in [0.25, 0.3) is 0 Å². The molecule has 0 radical (unpaired) electrons. The zero-order chi connectivity index (χ0) is 13.8. The molecule has 96 valence electrons. The minimum atomic E-state index is -3.77. The van der Waals surface area contributed by atoms with E-state index in [9.17, 15) is 18.5 Å². The van der Waals surface area contributed by atoms with Crippen molar-refractivity contribution in [3.8, 4) is 12.3 Å². The van der Waals surface area contributed by atoms with Crippen LogP contribution in [0.3, 0.4) is 0 Å². The molecule has 1 aromatic rings. The van der Waals surface area contributed by atoms with Gasteiger partial charge in [0.1, 0.15) is 0 Å². The third-order valence-electron chi connectivity index (χ3n) is 2.23. The Morgan fingerprint density at radius 2 is 2.17 bits per heavy atom. The van der Waals surface area contributed by atoms with E-state index in [1.807, 2.05) is 0 Å². The summed E-state index contributed by atoms with van der Waals surface area (Å²) in [6.07, 6.45) is 5.27. The van der Waals surface area contributed by atoms with E-state index < -0.39 is 14.9 Å². The fraction of sp³-hybridized carbons (Fsp3) is 0.273. The van der Waals surface area contributed by atoms with Crippen molar-refractivity contribution < 1.29 is 13.3 Å². The van der Waals surface area contributed by atoms with Crippen molar-refractivity contribution in [3.63, 3.8) is 0 Å². The molecule has 0 aliphatic rings. The molecule has 7 heteroatoms. The van der Waals surface area contributed by atoms with Gasteiger partial charge in [0.2, 0.25) is 10.0 Å². The first-order valence-electron chi connectivity index (χ1n) is 5.06. The number of non-ortho nitro benzene ring substituents is 1. The summed E-state index contributed by atoms with van der Waals surface area (Å²) in [5.74, 6) is 2.30. The van der Waals surface area contributed by atoms with E-state index in [2.05, 4.69) is 10.6 Å². The molecule has 1 N–H and O–H groups in total. The molecule has 0 unspecified atom stereocenters. The van der Waals surface area contributed by atoms with Gasteiger partial charge in [-0.2, -0.15) is 0 Å². The van der Waals surface area contributed by atoms with Gasteiger partial charge in [-0.3, -0.25) is 10.1 Å². The lowest BCUT2D eigenvalue weighted by Gasteiger charge is -2.07. The van der Waals surface area contributed by atoms with Crippen molar-refractivity contribution in [1.82, 2.24) is 4.72 Å². The summed E-state index contributed by atoms with van der Waals surface area (Å²) in [5.41, 5.74) is 0.173. The lowest BCUT2D eigenvalue weighted by molar-refractivity contribution is -0.385. The van der Waals surface area contributed by atoms with Crippen LogP contribution in [0.1, 0.15) is 12.0 Å². The van der Waals surface area contributed by atoms with Gasteiger partial charge < -0.3 is 0 Å². The molecule has 0 saturated carbocycles. The molecule has 0 amide bonds. The summed E-state index contributed by atoms with van der Waals surface area (Å²) in [5, 5.41) is 10.6. The van der Waals surface area contributed by atoms with E-state index in [4.69, 9.17) is 6.42 Å². The van der Waals surface area contributed by atoms with Crippen molar-refractivity contribution in [1.29, 1.82) is 0 Å². The number of rotatable bonds is 5. The Balaban J connectivity index is 3.12. The molecule has 0 heterocycles. The lowest BCUT2D eigenvalue weighted by Crippen LogP contribution is -2.25. The monoisotopic (exact) mass is 268 g/mol. The fourth-order valence-corrected chi connectivity index (χ4v) is 2.62. The summed E-state index contributed by atoms with van der Waals surface area (Å²) >= 11 is 0. The summed E-state index contributed by atoms with van der Waals surface area (Å²) in [6.45, 7) is 1.67. The quantitative estimate of drug-likeness (QED) is 0.376. The molecule has 6 nitrogen and oxygen atoms in total. The molecule has 0 aromatic heterocycles. The van der Waals surface area contributed by atoms with Crippen LogP contribution >= 0.6 is 0 Å². The minimum absolute atomic E-state index is 0.0982. The highest BCUT2D eigenvalue weighted by Crippen LogP contribution is 2.21. The van der Waals surface area contributed by atoms with Crippen LogP contribution < -0.4 is 4.72 Å². The lowest BCUT2D eigenvalue weighted by atomic mass is 10.2. The van der Waals surface area contributed by atoms with Gasteiger partial charge in [0.25, 0.3) is 5.69 Å². The summed E-state index contributed by atoms with van der Waals surface area (Å²) in [6, 6.07) is 3.69. The molecule has 0 fully saturated rings. The second-order valence-electron chi connectivity index (χ2n) is 3.56. The maximum atomic E-state index is 11.9. The molecule has 0 bridgehead atoms. The molecule has 0 saturated heterocycles. The average Bonchev–Trinajstić information content (AvgIpc) is 2.29. The van der Waals surface area contributed by atoms with Crippen LogP contribution in [0, 0.1) is 29.4 Å². The minimum Gasteiger partial charge on any atom is -0.258 e. The number of hydrogen-bond donors (Lipinski definition) is 1. The largest absolute Gasteiger partial charge is 0.270 e. The van der Waals surface area contributed by atoms with Gasteiger partial charge in [0, 0.05) is 25.1 Å². The normalized spacial score (nSPS) is 10.9. The van der Waals surface area contributed by atoms with Gasteiger partial charge in [-0.1, -0.05) is 6.07 Å². The number of nitro groups is 1. The van der Waals surface area contributed by atoms with Gasteiger partial charge in [0.05, 0.1) is 9.82 Å². The Morgan fingerprint density at radius 1 is 1.50 bits per heavy atom. The number of sulfonamides is 1. The van der Waals surface area contributed by atoms with E-state index in [0.717, 1.165) is 6.07 Å². The molecular formula is C11H12N2O4S. The number of hydrogen-bond acceptors (Lipinski definition) is 4. The van der Waals surface area contributed by atoms with Crippen LogP contribution in [0.15, 0.2) is 23.1 Å². The van der Waals surface area contributed by atoms with Gasteiger partial charge in [-0.15, -0.1) is 12.3 Å². The van der Waals surface area contributed by atoms with E-state index in [1.165, 1.54) is 12.1 Å². The zero-order valence-electron chi connectivity index (χ0n) is 9.71. The fourth-order valence-electron chi connectivity index (χ4n) is 1.33. The van der Waals surface area contributed by atoms with Gasteiger partial charge in [-0.05, 0) is 12.5 Å². The Hall–Kier alpha value is -1.91. The third kappa shape index (κ3) is 3.29. The SMILES string of the molecule is C#CCCNS(=O)(=O)c1cc([N+](=O)[O-])ccc1C. The Morgan fingerprint density at radius 3 is 2.72 bits per heavy atom.